The van der Waals surface area contributed by atoms with Gasteiger partial charge in [-0.3, -0.25) is 4.79 Å². The zero-order chi connectivity index (χ0) is 63.9. The Hall–Kier alpha value is -1.67. The number of hydrogen-bond donors (Lipinski definition) is 8. The van der Waals surface area contributed by atoms with Gasteiger partial charge in [-0.25, -0.2) is 0 Å². The van der Waals surface area contributed by atoms with Crippen LogP contribution in [-0.2, 0) is 14.3 Å². The predicted octanol–water partition coefficient (Wildman–Crippen LogP) is 19.3. The van der Waals surface area contributed by atoms with Crippen molar-refractivity contribution < 1.29 is 50.0 Å². The summed E-state index contributed by atoms with van der Waals surface area (Å²) in [6.07, 6.45) is 74.0. The van der Waals surface area contributed by atoms with Crippen LogP contribution in [0.2, 0.25) is 0 Å². The molecule has 0 aromatic heterocycles. The van der Waals surface area contributed by atoms with E-state index in [0.29, 0.717) is 19.3 Å². The van der Waals surface area contributed by atoms with Gasteiger partial charge in [0.15, 0.2) is 6.29 Å². The second-order valence-corrected chi connectivity index (χ2v) is 27.1. The van der Waals surface area contributed by atoms with Crippen LogP contribution in [0, 0.1) is 0 Å². The average molecular weight is 1250 g/mol. The number of carbonyl (C=O) groups excluding carboxylic acids is 1. The van der Waals surface area contributed by atoms with Crippen molar-refractivity contribution >= 4 is 5.91 Å². The van der Waals surface area contributed by atoms with E-state index in [9.17, 15) is 40.5 Å². The quantitative estimate of drug-likeness (QED) is 0.0215. The lowest BCUT2D eigenvalue weighted by Gasteiger charge is -2.40. The Morgan fingerprint density at radius 3 is 1.01 bits per heavy atom. The number of hydrogen-bond acceptors (Lipinski definition) is 10. The topological polar surface area (TPSA) is 189 Å². The molecule has 1 fully saturated rings. The normalized spacial score (nSPS) is 18.8. The van der Waals surface area contributed by atoms with Gasteiger partial charge < -0.3 is 50.5 Å². The van der Waals surface area contributed by atoms with Gasteiger partial charge in [0.05, 0.1) is 25.4 Å². The summed E-state index contributed by atoms with van der Waals surface area (Å²) in [5.41, 5.74) is 0. The Labute approximate surface area is 543 Å². The van der Waals surface area contributed by atoms with Crippen molar-refractivity contribution in [2.45, 2.75) is 435 Å². The first-order valence-electron chi connectivity index (χ1n) is 38.4. The molecule has 88 heavy (non-hydrogen) atoms. The number of aliphatic hydroxyl groups is 7. The van der Waals surface area contributed by atoms with Crippen molar-refractivity contribution in [2.75, 3.05) is 13.2 Å². The second kappa shape index (κ2) is 65.4. The summed E-state index contributed by atoms with van der Waals surface area (Å²) >= 11 is 0. The number of allylic oxidation sites excluding steroid dienone is 6. The van der Waals surface area contributed by atoms with E-state index < -0.39 is 74.2 Å². The summed E-state index contributed by atoms with van der Waals surface area (Å²) in [5.74, 6) is -0.704. The van der Waals surface area contributed by atoms with Gasteiger partial charge in [0.25, 0.3) is 0 Å². The van der Waals surface area contributed by atoms with Gasteiger partial charge in [0.2, 0.25) is 5.91 Å². The van der Waals surface area contributed by atoms with Gasteiger partial charge in [-0.1, -0.05) is 339 Å². The first kappa shape index (κ1) is 84.3. The van der Waals surface area contributed by atoms with E-state index in [1.165, 1.54) is 295 Å². The summed E-state index contributed by atoms with van der Waals surface area (Å²) in [7, 11) is 0. The number of rotatable bonds is 68. The minimum Gasteiger partial charge on any atom is -0.394 e. The molecule has 0 radical (unpaired) electrons. The van der Waals surface area contributed by atoms with E-state index in [-0.39, 0.29) is 12.8 Å². The maximum absolute atomic E-state index is 13.3. The Morgan fingerprint density at radius 1 is 0.386 bits per heavy atom. The highest BCUT2D eigenvalue weighted by atomic mass is 16.7. The number of unbranched alkanes of at least 4 members (excludes halogenated alkanes) is 50. The van der Waals surface area contributed by atoms with E-state index in [4.69, 9.17) is 9.47 Å². The molecule has 11 nitrogen and oxygen atoms in total. The Morgan fingerprint density at radius 2 is 0.682 bits per heavy atom. The SMILES string of the molecule is CCCCCCCCCCCCCCCCCC/C=C\CCCCCCCCCCCCCCCCCCC(O)C(=O)NC(COC1OC(CO)C(O)C(O)C1O)C(O)C(O)CCC/C=C/CC/C=C/CCCCCCCCCCCCCCCCCC. The van der Waals surface area contributed by atoms with Crippen molar-refractivity contribution in [2.24, 2.45) is 0 Å². The molecule has 1 saturated heterocycles. The molecule has 11 heteroatoms. The number of ether oxygens (including phenoxy) is 2. The van der Waals surface area contributed by atoms with Crippen LogP contribution in [0.25, 0.3) is 0 Å². The van der Waals surface area contributed by atoms with Gasteiger partial charge in [-0.05, 0) is 77.0 Å². The molecule has 1 rings (SSSR count). The molecule has 0 aromatic carbocycles. The van der Waals surface area contributed by atoms with Gasteiger partial charge >= 0.3 is 0 Å². The van der Waals surface area contributed by atoms with E-state index in [2.05, 4.69) is 55.6 Å². The lowest BCUT2D eigenvalue weighted by molar-refractivity contribution is -0.303. The van der Waals surface area contributed by atoms with Crippen LogP contribution >= 0.6 is 0 Å². The zero-order valence-electron chi connectivity index (χ0n) is 57.7. The number of nitrogens with one attached hydrogen (secondary N) is 1. The summed E-state index contributed by atoms with van der Waals surface area (Å²) in [6.45, 7) is 3.50. The van der Waals surface area contributed by atoms with E-state index in [0.717, 1.165) is 38.5 Å². The first-order chi connectivity index (χ1) is 43.2. The molecule has 0 aliphatic carbocycles. The first-order valence-corrected chi connectivity index (χ1v) is 38.4. The fourth-order valence-corrected chi connectivity index (χ4v) is 12.5. The third-order valence-corrected chi connectivity index (χ3v) is 18.6. The molecule has 9 unspecified atom stereocenters. The molecule has 1 heterocycles. The molecule has 8 N–H and O–H groups in total. The molecule has 520 valence electrons. The lowest BCUT2D eigenvalue weighted by Crippen LogP contribution is -2.60. The van der Waals surface area contributed by atoms with Crippen LogP contribution in [0.5, 0.6) is 0 Å². The summed E-state index contributed by atoms with van der Waals surface area (Å²) in [5, 5.41) is 76.6. The highest BCUT2D eigenvalue weighted by molar-refractivity contribution is 5.80. The third kappa shape index (κ3) is 51.8. The Balaban J connectivity index is 2.16. The van der Waals surface area contributed by atoms with Gasteiger partial charge in [0, 0.05) is 0 Å². The number of carbonyl (C=O) groups is 1. The largest absolute Gasteiger partial charge is 0.394 e. The van der Waals surface area contributed by atoms with Crippen molar-refractivity contribution in [3.05, 3.63) is 36.5 Å². The molecule has 9 atom stereocenters. The van der Waals surface area contributed by atoms with Crippen molar-refractivity contribution in [3.63, 3.8) is 0 Å². The summed E-state index contributed by atoms with van der Waals surface area (Å²) in [4.78, 5) is 13.3. The molecule has 0 bridgehead atoms. The molecular weight excluding hydrogens is 1100 g/mol. The summed E-state index contributed by atoms with van der Waals surface area (Å²) in [6, 6.07) is -1.19. The lowest BCUT2D eigenvalue weighted by atomic mass is 9.98. The average Bonchev–Trinajstić information content (AvgIpc) is 2.78. The molecule has 1 amide bonds. The van der Waals surface area contributed by atoms with E-state index in [1.54, 1.807) is 0 Å². The molecule has 0 aromatic rings. The molecule has 0 spiro atoms. The van der Waals surface area contributed by atoms with Crippen molar-refractivity contribution in [1.82, 2.24) is 5.32 Å². The highest BCUT2D eigenvalue weighted by Gasteiger charge is 2.44. The zero-order valence-corrected chi connectivity index (χ0v) is 57.7. The smallest absolute Gasteiger partial charge is 0.249 e. The van der Waals surface area contributed by atoms with Crippen molar-refractivity contribution in [3.8, 4) is 0 Å². The van der Waals surface area contributed by atoms with Gasteiger partial charge in [0.1, 0.15) is 36.6 Å². The predicted molar refractivity (Wildman–Crippen MR) is 372 cm³/mol. The van der Waals surface area contributed by atoms with E-state index in [1.807, 2.05) is 0 Å². The fraction of sp³-hybridized carbons (Fsp3) is 0.909. The minimum absolute atomic E-state index is 0.248. The highest BCUT2D eigenvalue weighted by Crippen LogP contribution is 2.24. The molecular formula is C77H147NO10. The number of aliphatic hydroxyl groups excluding tert-OH is 7. The second-order valence-electron chi connectivity index (χ2n) is 27.1. The fourth-order valence-electron chi connectivity index (χ4n) is 12.5. The maximum Gasteiger partial charge on any atom is 0.249 e. The van der Waals surface area contributed by atoms with Crippen LogP contribution < -0.4 is 5.32 Å². The van der Waals surface area contributed by atoms with E-state index >= 15 is 0 Å². The standard InChI is InChI=1S/C77H147NO10/c1-3-5-7-9-11-13-15-17-19-21-23-25-27-29-30-31-32-33-34-35-36-37-38-39-41-43-45-47-49-51-53-55-57-59-61-63-65-70(81)76(86)78-68(67-87-77-75(85)74(84)73(83)71(66-79)88-77)72(82)69(80)64-62-60-58-56-54-52-50-48-46-44-42-40-28-26-24-22-20-18-16-14-12-10-8-6-4-2/h33-34,48,50,56,58,68-75,77,79-85H,3-32,35-47,49,51-55,57,59-67H2,1-2H3,(H,78,86)/b34-33-,50-48+,58-56+. The van der Waals surface area contributed by atoms with Crippen molar-refractivity contribution in [1.29, 1.82) is 0 Å². The maximum atomic E-state index is 13.3. The number of amides is 1. The monoisotopic (exact) mass is 1250 g/mol. The molecule has 1 aliphatic heterocycles. The Bertz CT molecular complexity index is 1530. The molecule has 0 saturated carbocycles. The minimum atomic E-state index is -1.67. The van der Waals surface area contributed by atoms with Crippen LogP contribution in [0.3, 0.4) is 0 Å². The summed E-state index contributed by atoms with van der Waals surface area (Å²) < 4.78 is 11.2. The van der Waals surface area contributed by atoms with Crippen LogP contribution in [-0.4, -0.2) is 110 Å². The van der Waals surface area contributed by atoms with Crippen LogP contribution in [0.1, 0.15) is 380 Å². The van der Waals surface area contributed by atoms with Crippen LogP contribution in [0.4, 0.5) is 0 Å². The Kier molecular flexibility index (Phi) is 62.7. The van der Waals surface area contributed by atoms with Crippen LogP contribution in [0.15, 0.2) is 36.5 Å². The van der Waals surface area contributed by atoms with Gasteiger partial charge in [-0.15, -0.1) is 0 Å². The van der Waals surface area contributed by atoms with Gasteiger partial charge in [-0.2, -0.15) is 0 Å². The molecule has 1 aliphatic rings. The third-order valence-electron chi connectivity index (χ3n) is 18.6.